The van der Waals surface area contributed by atoms with E-state index in [4.69, 9.17) is 4.74 Å². The zero-order valence-electron chi connectivity index (χ0n) is 41.3. The first kappa shape index (κ1) is 59.8. The highest BCUT2D eigenvalue weighted by Gasteiger charge is 2.24. The molecule has 0 aliphatic rings. The van der Waals surface area contributed by atoms with Crippen LogP contribution < -0.4 is 5.32 Å². The fourth-order valence-electron chi connectivity index (χ4n) is 8.06. The van der Waals surface area contributed by atoms with Crippen molar-refractivity contribution in [1.29, 1.82) is 0 Å². The summed E-state index contributed by atoms with van der Waals surface area (Å²) < 4.78 is 5.93. The van der Waals surface area contributed by atoms with Crippen molar-refractivity contribution < 1.29 is 24.5 Å². The number of aliphatic hydroxyl groups is 2. The minimum absolute atomic E-state index is 0.0583. The Morgan fingerprint density at radius 3 is 1.23 bits per heavy atom. The molecule has 0 saturated heterocycles. The molecule has 3 atom stereocenters. The Morgan fingerprint density at radius 2 is 0.806 bits per heavy atom. The van der Waals surface area contributed by atoms with Crippen LogP contribution in [0.25, 0.3) is 0 Å². The largest absolute Gasteiger partial charge is 0.462 e. The van der Waals surface area contributed by atoms with Crippen molar-refractivity contribution in [2.75, 3.05) is 6.61 Å². The lowest BCUT2D eigenvalue weighted by molar-refractivity contribution is -0.151. The van der Waals surface area contributed by atoms with Gasteiger partial charge in [-0.3, -0.25) is 9.59 Å². The summed E-state index contributed by atoms with van der Waals surface area (Å²) in [5.74, 6) is -0.506. The third kappa shape index (κ3) is 44.4. The average Bonchev–Trinajstić information content (AvgIpc) is 3.26. The van der Waals surface area contributed by atoms with Gasteiger partial charge in [-0.05, 0) is 77.0 Å². The number of nitrogens with one attached hydrogen (secondary N) is 1. The zero-order chi connectivity index (χ0) is 45.2. The molecule has 0 bridgehead atoms. The Bertz CT molecular complexity index is 1070. The molecule has 1 amide bonds. The van der Waals surface area contributed by atoms with E-state index in [0.717, 1.165) is 89.9 Å². The number of rotatable bonds is 48. The number of carbonyl (C=O) groups is 2. The lowest BCUT2D eigenvalue weighted by Crippen LogP contribution is -2.46. The van der Waals surface area contributed by atoms with E-state index in [1.165, 1.54) is 135 Å². The van der Waals surface area contributed by atoms with Gasteiger partial charge in [-0.25, -0.2) is 0 Å². The van der Waals surface area contributed by atoms with Crippen molar-refractivity contribution in [2.45, 2.75) is 289 Å². The van der Waals surface area contributed by atoms with E-state index in [0.29, 0.717) is 19.3 Å². The van der Waals surface area contributed by atoms with Crippen LogP contribution in [0.3, 0.4) is 0 Å². The highest BCUT2D eigenvalue weighted by Crippen LogP contribution is 2.17. The molecule has 0 rings (SSSR count). The van der Waals surface area contributed by atoms with E-state index in [2.05, 4.69) is 74.7 Å². The SMILES string of the molecule is CCCCC/C=C/C=C/CCCCCCC(CC(=O)NC(CO)C(O)CCCCCCCCCCCCCC)OC(=O)CCCCCCC/C=C/C=C/CCCCCCCCC. The molecule has 0 aromatic carbocycles. The van der Waals surface area contributed by atoms with Crippen molar-refractivity contribution in [3.8, 4) is 0 Å². The second-order valence-electron chi connectivity index (χ2n) is 18.3. The Morgan fingerprint density at radius 1 is 0.468 bits per heavy atom. The zero-order valence-corrected chi connectivity index (χ0v) is 41.3. The molecular formula is C56H103NO5. The topological polar surface area (TPSA) is 95.9 Å². The smallest absolute Gasteiger partial charge is 0.306 e. The number of unbranched alkanes of at least 4 members (excludes halogenated alkanes) is 30. The fourth-order valence-corrected chi connectivity index (χ4v) is 8.06. The number of hydrogen-bond donors (Lipinski definition) is 3. The van der Waals surface area contributed by atoms with E-state index >= 15 is 0 Å². The molecule has 3 unspecified atom stereocenters. The summed E-state index contributed by atoms with van der Waals surface area (Å²) in [5, 5.41) is 23.8. The van der Waals surface area contributed by atoms with Crippen LogP contribution in [0, 0.1) is 0 Å². The molecule has 0 radical (unpaired) electrons. The Kier molecular flexibility index (Phi) is 48.1. The third-order valence-electron chi connectivity index (χ3n) is 12.2. The maximum Gasteiger partial charge on any atom is 0.306 e. The molecule has 0 aliphatic heterocycles. The summed E-state index contributed by atoms with van der Waals surface area (Å²) >= 11 is 0. The first-order valence-corrected chi connectivity index (χ1v) is 26.9. The quantitative estimate of drug-likeness (QED) is 0.0322. The van der Waals surface area contributed by atoms with Gasteiger partial charge in [-0.2, -0.15) is 0 Å². The van der Waals surface area contributed by atoms with E-state index < -0.39 is 18.2 Å². The van der Waals surface area contributed by atoms with Crippen LogP contribution in [0.2, 0.25) is 0 Å². The highest BCUT2D eigenvalue weighted by molar-refractivity contribution is 5.77. The minimum atomic E-state index is -0.795. The normalized spacial score (nSPS) is 13.6. The molecule has 0 aromatic rings. The van der Waals surface area contributed by atoms with E-state index in [1.807, 2.05) is 0 Å². The summed E-state index contributed by atoms with van der Waals surface area (Å²) in [6.45, 7) is 6.45. The van der Waals surface area contributed by atoms with Gasteiger partial charge in [0.15, 0.2) is 0 Å². The van der Waals surface area contributed by atoms with Gasteiger partial charge in [0.25, 0.3) is 0 Å². The van der Waals surface area contributed by atoms with E-state index in [1.54, 1.807) is 0 Å². The summed E-state index contributed by atoms with van der Waals surface area (Å²) in [4.78, 5) is 26.2. The third-order valence-corrected chi connectivity index (χ3v) is 12.2. The number of allylic oxidation sites excluding steroid dienone is 8. The van der Waals surface area contributed by atoms with Crippen LogP contribution in [0.15, 0.2) is 48.6 Å². The maximum atomic E-state index is 13.2. The second-order valence-corrected chi connectivity index (χ2v) is 18.3. The van der Waals surface area contributed by atoms with Crippen LogP contribution in [0.1, 0.15) is 271 Å². The van der Waals surface area contributed by atoms with Crippen LogP contribution in [-0.4, -0.2) is 46.9 Å². The number of ether oxygens (including phenoxy) is 1. The Hall–Kier alpha value is -2.18. The molecule has 6 nitrogen and oxygen atoms in total. The van der Waals surface area contributed by atoms with Crippen LogP contribution in [-0.2, 0) is 14.3 Å². The van der Waals surface area contributed by atoms with Gasteiger partial charge in [-0.15, -0.1) is 0 Å². The predicted molar refractivity (Wildman–Crippen MR) is 269 cm³/mol. The molecule has 6 heteroatoms. The van der Waals surface area contributed by atoms with Crippen molar-refractivity contribution in [2.24, 2.45) is 0 Å². The van der Waals surface area contributed by atoms with Gasteiger partial charge >= 0.3 is 5.97 Å². The molecule has 0 spiro atoms. The van der Waals surface area contributed by atoms with Crippen molar-refractivity contribution in [3.05, 3.63) is 48.6 Å². The van der Waals surface area contributed by atoms with Crippen LogP contribution in [0.5, 0.6) is 0 Å². The molecular weight excluding hydrogens is 767 g/mol. The molecule has 0 aliphatic carbocycles. The van der Waals surface area contributed by atoms with Crippen molar-refractivity contribution >= 4 is 11.9 Å². The number of carbonyl (C=O) groups excluding carboxylic acids is 2. The number of aliphatic hydroxyl groups excluding tert-OH is 2. The molecule has 0 fully saturated rings. The van der Waals surface area contributed by atoms with Crippen molar-refractivity contribution in [1.82, 2.24) is 5.32 Å². The predicted octanol–water partition coefficient (Wildman–Crippen LogP) is 16.2. The summed E-state index contributed by atoms with van der Waals surface area (Å²) in [7, 11) is 0. The lowest BCUT2D eigenvalue weighted by Gasteiger charge is -2.24. The molecule has 0 heterocycles. The van der Waals surface area contributed by atoms with Gasteiger partial charge in [0.2, 0.25) is 5.91 Å². The molecule has 3 N–H and O–H groups in total. The van der Waals surface area contributed by atoms with E-state index in [9.17, 15) is 19.8 Å². The first-order chi connectivity index (χ1) is 30.5. The Balaban J connectivity index is 4.60. The molecule has 0 saturated carbocycles. The monoisotopic (exact) mass is 870 g/mol. The van der Waals surface area contributed by atoms with Gasteiger partial charge in [0.1, 0.15) is 6.10 Å². The summed E-state index contributed by atoms with van der Waals surface area (Å²) in [6, 6.07) is -0.711. The van der Waals surface area contributed by atoms with Gasteiger partial charge in [0.05, 0.1) is 25.2 Å². The van der Waals surface area contributed by atoms with Gasteiger partial charge < -0.3 is 20.3 Å². The fraction of sp³-hybridized carbons (Fsp3) is 0.821. The summed E-state index contributed by atoms with van der Waals surface area (Å²) in [6.07, 6.45) is 60.3. The van der Waals surface area contributed by atoms with Gasteiger partial charge in [-0.1, -0.05) is 230 Å². The van der Waals surface area contributed by atoms with Crippen LogP contribution in [0.4, 0.5) is 0 Å². The van der Waals surface area contributed by atoms with E-state index in [-0.39, 0.29) is 24.9 Å². The lowest BCUT2D eigenvalue weighted by atomic mass is 10.0. The molecule has 362 valence electrons. The average molecular weight is 870 g/mol. The second kappa shape index (κ2) is 49.8. The van der Waals surface area contributed by atoms with Crippen molar-refractivity contribution in [3.63, 3.8) is 0 Å². The number of esters is 1. The minimum Gasteiger partial charge on any atom is -0.462 e. The number of amides is 1. The highest BCUT2D eigenvalue weighted by atomic mass is 16.5. The van der Waals surface area contributed by atoms with Gasteiger partial charge in [0, 0.05) is 6.42 Å². The number of hydrogen-bond acceptors (Lipinski definition) is 5. The molecule has 62 heavy (non-hydrogen) atoms. The first-order valence-electron chi connectivity index (χ1n) is 26.9. The summed E-state index contributed by atoms with van der Waals surface area (Å²) in [5.41, 5.74) is 0. The van der Waals surface area contributed by atoms with Crippen LogP contribution >= 0.6 is 0 Å². The maximum absolute atomic E-state index is 13.2. The Labute approximate surface area is 385 Å². The standard InChI is InChI=1S/C56H103NO5/c1-4-7-10-13-16-19-22-25-26-27-28-29-31-34-37-40-43-46-49-56(61)62-52(47-44-41-38-35-32-30-23-20-17-14-11-8-5-2)50-55(60)57-53(51-58)54(59)48-45-42-39-36-33-24-21-18-15-12-9-6-3/h17,20,23,26-30,52-54,58-59H,4-16,18-19,21-22,24-25,31-51H2,1-3H3,(H,57,60)/b20-17+,27-26+,29-28+,30-23+. The molecule has 0 aromatic heterocycles.